The van der Waals surface area contributed by atoms with Crippen molar-refractivity contribution in [3.63, 3.8) is 0 Å². The number of halogens is 1. The van der Waals surface area contributed by atoms with E-state index in [-0.39, 0.29) is 0 Å². The van der Waals surface area contributed by atoms with Gasteiger partial charge in [0.05, 0.1) is 0 Å². The molecule has 0 aliphatic rings. The maximum Gasteiger partial charge on any atom is 0.0406 e. The molecular weight excluding hydrogens is 242 g/mol. The van der Waals surface area contributed by atoms with Crippen LogP contribution < -0.4 is 5.32 Å². The normalized spacial score (nSPS) is 12.6. The monoisotopic (exact) mass is 263 g/mol. The Kier molecular flexibility index (Phi) is 7.28. The van der Waals surface area contributed by atoms with Crippen LogP contribution in [0.3, 0.4) is 0 Å². The number of alkyl halides is 1. The highest BCUT2D eigenvalue weighted by Crippen LogP contribution is 2.09. The van der Waals surface area contributed by atoms with Crippen LogP contribution in [-0.4, -0.2) is 12.4 Å². The second kappa shape index (κ2) is 8.82. The van der Waals surface area contributed by atoms with Gasteiger partial charge >= 0.3 is 0 Å². The van der Waals surface area contributed by atoms with Crippen molar-refractivity contribution in [3.05, 3.63) is 53.6 Å². The van der Waals surface area contributed by atoms with Gasteiger partial charge in [0.15, 0.2) is 0 Å². The van der Waals surface area contributed by atoms with Crippen LogP contribution >= 0.6 is 11.6 Å². The van der Waals surface area contributed by atoms with Crippen LogP contribution in [0.5, 0.6) is 0 Å². The standard InChI is InChI=1S/C16H22ClN/c1-14(11-12-17)7-6-8-15(2)13-18-16-9-4-3-5-10-16/h3-5,8-11,18H,6-7,12-13H2,1-2H3/b14-11+,15-8+. The van der Waals surface area contributed by atoms with Gasteiger partial charge in [0, 0.05) is 18.1 Å². The highest BCUT2D eigenvalue weighted by Gasteiger charge is 1.92. The van der Waals surface area contributed by atoms with Crippen molar-refractivity contribution in [2.75, 3.05) is 17.7 Å². The molecule has 1 aromatic rings. The number of nitrogens with one attached hydrogen (secondary N) is 1. The molecule has 0 unspecified atom stereocenters. The average molecular weight is 264 g/mol. The smallest absolute Gasteiger partial charge is 0.0406 e. The van der Waals surface area contributed by atoms with E-state index in [1.807, 2.05) is 18.2 Å². The van der Waals surface area contributed by atoms with E-state index in [0.717, 1.165) is 19.4 Å². The lowest BCUT2D eigenvalue weighted by Crippen LogP contribution is -2.02. The van der Waals surface area contributed by atoms with Gasteiger partial charge in [-0.25, -0.2) is 0 Å². The molecule has 0 saturated heterocycles. The first kappa shape index (κ1) is 14.8. The Morgan fingerprint density at radius 1 is 1.11 bits per heavy atom. The summed E-state index contributed by atoms with van der Waals surface area (Å²) in [5.41, 5.74) is 3.91. The maximum absolute atomic E-state index is 5.65. The first-order valence-electron chi connectivity index (χ1n) is 6.38. The molecule has 0 radical (unpaired) electrons. The fourth-order valence-electron chi connectivity index (χ4n) is 1.65. The molecule has 18 heavy (non-hydrogen) atoms. The quantitative estimate of drug-likeness (QED) is 0.539. The number of anilines is 1. The predicted octanol–water partition coefficient (Wildman–Crippen LogP) is 5.01. The molecule has 0 atom stereocenters. The summed E-state index contributed by atoms with van der Waals surface area (Å²) in [7, 11) is 0. The van der Waals surface area contributed by atoms with Crippen LogP contribution in [-0.2, 0) is 0 Å². The van der Waals surface area contributed by atoms with Crippen molar-refractivity contribution in [1.82, 2.24) is 0 Å². The van der Waals surface area contributed by atoms with E-state index < -0.39 is 0 Å². The van der Waals surface area contributed by atoms with Gasteiger partial charge in [-0.3, -0.25) is 0 Å². The molecule has 98 valence electrons. The van der Waals surface area contributed by atoms with E-state index in [0.29, 0.717) is 5.88 Å². The molecule has 0 bridgehead atoms. The Balaban J connectivity index is 2.28. The minimum Gasteiger partial charge on any atom is -0.381 e. The zero-order valence-electron chi connectivity index (χ0n) is 11.2. The topological polar surface area (TPSA) is 12.0 Å². The van der Waals surface area contributed by atoms with Gasteiger partial charge < -0.3 is 5.32 Å². The van der Waals surface area contributed by atoms with Gasteiger partial charge in [0.2, 0.25) is 0 Å². The largest absolute Gasteiger partial charge is 0.381 e. The number of rotatable bonds is 7. The van der Waals surface area contributed by atoms with E-state index in [4.69, 9.17) is 11.6 Å². The van der Waals surface area contributed by atoms with Crippen molar-refractivity contribution >= 4 is 17.3 Å². The summed E-state index contributed by atoms with van der Waals surface area (Å²) in [4.78, 5) is 0. The second-order valence-corrected chi connectivity index (χ2v) is 4.82. The van der Waals surface area contributed by atoms with E-state index >= 15 is 0 Å². The number of para-hydroxylation sites is 1. The van der Waals surface area contributed by atoms with Crippen LogP contribution in [0.2, 0.25) is 0 Å². The predicted molar refractivity (Wildman–Crippen MR) is 82.4 cm³/mol. The molecule has 0 aliphatic carbocycles. The molecule has 1 N–H and O–H groups in total. The van der Waals surface area contributed by atoms with E-state index in [1.165, 1.54) is 16.8 Å². The van der Waals surface area contributed by atoms with Crippen molar-refractivity contribution in [2.24, 2.45) is 0 Å². The van der Waals surface area contributed by atoms with Crippen molar-refractivity contribution < 1.29 is 0 Å². The molecule has 1 nitrogen and oxygen atoms in total. The van der Waals surface area contributed by atoms with Crippen molar-refractivity contribution in [2.45, 2.75) is 26.7 Å². The Bertz CT molecular complexity index is 393. The number of benzene rings is 1. The molecule has 0 aromatic heterocycles. The third-order valence-electron chi connectivity index (χ3n) is 2.80. The summed E-state index contributed by atoms with van der Waals surface area (Å²) < 4.78 is 0. The van der Waals surface area contributed by atoms with Crippen LogP contribution in [0.1, 0.15) is 26.7 Å². The first-order chi connectivity index (χ1) is 8.72. The Hall–Kier alpha value is -1.21. The summed E-state index contributed by atoms with van der Waals surface area (Å²) in [6.45, 7) is 5.20. The second-order valence-electron chi connectivity index (χ2n) is 4.51. The molecular formula is C16H22ClN. The van der Waals surface area contributed by atoms with Crippen molar-refractivity contribution in [1.29, 1.82) is 0 Å². The zero-order chi connectivity index (χ0) is 13.2. The molecule has 2 heteroatoms. The third kappa shape index (κ3) is 6.51. The summed E-state index contributed by atoms with van der Waals surface area (Å²) in [6, 6.07) is 10.3. The average Bonchev–Trinajstić information content (AvgIpc) is 2.38. The van der Waals surface area contributed by atoms with Crippen LogP contribution in [0.15, 0.2) is 53.6 Å². The zero-order valence-corrected chi connectivity index (χ0v) is 12.0. The highest BCUT2D eigenvalue weighted by molar-refractivity contribution is 6.18. The summed E-state index contributed by atoms with van der Waals surface area (Å²) in [6.07, 6.45) is 6.55. The highest BCUT2D eigenvalue weighted by atomic mass is 35.5. The van der Waals surface area contributed by atoms with Gasteiger partial charge in [0.1, 0.15) is 0 Å². The molecule has 0 aliphatic heterocycles. The summed E-state index contributed by atoms with van der Waals surface area (Å²) >= 11 is 5.65. The maximum atomic E-state index is 5.65. The molecule has 0 saturated carbocycles. The lowest BCUT2D eigenvalue weighted by atomic mass is 10.1. The van der Waals surface area contributed by atoms with E-state index in [2.05, 4.69) is 43.4 Å². The molecule has 0 spiro atoms. The lowest BCUT2D eigenvalue weighted by Gasteiger charge is -2.06. The fourth-order valence-corrected chi connectivity index (χ4v) is 1.91. The van der Waals surface area contributed by atoms with Crippen LogP contribution in [0, 0.1) is 0 Å². The minimum absolute atomic E-state index is 0.615. The molecule has 1 aromatic carbocycles. The molecule has 1 rings (SSSR count). The van der Waals surface area contributed by atoms with Gasteiger partial charge in [0.25, 0.3) is 0 Å². The summed E-state index contributed by atoms with van der Waals surface area (Å²) in [5.74, 6) is 0.615. The Morgan fingerprint density at radius 3 is 2.50 bits per heavy atom. The number of hydrogen-bond acceptors (Lipinski definition) is 1. The van der Waals surface area contributed by atoms with Crippen molar-refractivity contribution in [3.8, 4) is 0 Å². The minimum atomic E-state index is 0.615. The van der Waals surface area contributed by atoms with E-state index in [1.54, 1.807) is 0 Å². The lowest BCUT2D eigenvalue weighted by molar-refractivity contribution is 0.959. The molecule has 0 heterocycles. The van der Waals surface area contributed by atoms with Gasteiger partial charge in [-0.2, -0.15) is 0 Å². The first-order valence-corrected chi connectivity index (χ1v) is 6.92. The van der Waals surface area contributed by atoms with E-state index in [9.17, 15) is 0 Å². The van der Waals surface area contributed by atoms with Gasteiger partial charge in [-0.05, 0) is 38.8 Å². The SMILES string of the molecule is C/C(=C\CCl)CC/C=C(\C)CNc1ccccc1. The summed E-state index contributed by atoms with van der Waals surface area (Å²) in [5, 5.41) is 3.40. The van der Waals surface area contributed by atoms with Crippen LogP contribution in [0.25, 0.3) is 0 Å². The fraction of sp³-hybridized carbons (Fsp3) is 0.375. The number of allylic oxidation sites excluding steroid dienone is 3. The van der Waals surface area contributed by atoms with Crippen LogP contribution in [0.4, 0.5) is 5.69 Å². The molecule has 0 amide bonds. The van der Waals surface area contributed by atoms with Gasteiger partial charge in [-0.1, -0.05) is 41.5 Å². The van der Waals surface area contributed by atoms with Gasteiger partial charge in [-0.15, -0.1) is 11.6 Å². The Labute approximate surface area is 116 Å². The third-order valence-corrected chi connectivity index (χ3v) is 2.96. The Morgan fingerprint density at radius 2 is 1.83 bits per heavy atom. The molecule has 0 fully saturated rings. The number of hydrogen-bond donors (Lipinski definition) is 1.